The number of halogens is 1. The molecule has 1 unspecified atom stereocenters. The van der Waals surface area contributed by atoms with Crippen LogP contribution in [0.2, 0.25) is 5.02 Å². The van der Waals surface area contributed by atoms with Gasteiger partial charge in [0.2, 0.25) is 5.82 Å². The number of tetrazole rings is 1. The Labute approximate surface area is 189 Å². The molecule has 1 heterocycles. The van der Waals surface area contributed by atoms with Crippen molar-refractivity contribution in [2.75, 3.05) is 0 Å². The van der Waals surface area contributed by atoms with Gasteiger partial charge in [0.25, 0.3) is 0 Å². The maximum Gasteiger partial charge on any atom is 0.408 e. The van der Waals surface area contributed by atoms with E-state index in [2.05, 4.69) is 20.7 Å². The average Bonchev–Trinajstić information content (AvgIpc) is 3.17. The summed E-state index contributed by atoms with van der Waals surface area (Å²) in [5.41, 5.74) is -0.0957. The highest BCUT2D eigenvalue weighted by Gasteiger charge is 2.25. The van der Waals surface area contributed by atoms with Gasteiger partial charge in [-0.25, -0.2) is 9.59 Å². The molecule has 0 saturated heterocycles. The topological polar surface area (TPSA) is 128 Å². The van der Waals surface area contributed by atoms with Gasteiger partial charge in [0.1, 0.15) is 17.1 Å². The summed E-state index contributed by atoms with van der Waals surface area (Å²) in [4.78, 5) is 24.5. The van der Waals surface area contributed by atoms with Gasteiger partial charge in [-0.05, 0) is 74.5 Å². The molecule has 0 aliphatic carbocycles. The molecule has 0 aliphatic rings. The van der Waals surface area contributed by atoms with E-state index in [1.54, 1.807) is 69.3 Å². The zero-order chi connectivity index (χ0) is 23.3. The van der Waals surface area contributed by atoms with Gasteiger partial charge in [0.05, 0.1) is 6.54 Å². The molecule has 2 N–H and O–H groups in total. The first-order valence-electron chi connectivity index (χ1n) is 9.63. The first-order valence-corrected chi connectivity index (χ1v) is 10.0. The highest BCUT2D eigenvalue weighted by molar-refractivity contribution is 6.30. The Hall–Kier alpha value is -3.66. The summed E-state index contributed by atoms with van der Waals surface area (Å²) >= 11 is 5.87. The van der Waals surface area contributed by atoms with Crippen molar-refractivity contribution in [2.45, 2.75) is 39.0 Å². The van der Waals surface area contributed by atoms with Crippen LogP contribution in [0.15, 0.2) is 48.5 Å². The van der Waals surface area contributed by atoms with Crippen molar-refractivity contribution < 1.29 is 24.2 Å². The number of ether oxygens (including phenoxy) is 2. The van der Waals surface area contributed by atoms with E-state index in [1.807, 2.05) is 0 Å². The largest absolute Gasteiger partial charge is 0.480 e. The number of carbonyl (C=O) groups excluding carboxylic acids is 1. The van der Waals surface area contributed by atoms with Crippen molar-refractivity contribution >= 4 is 23.7 Å². The number of amides is 1. The second-order valence-corrected chi connectivity index (χ2v) is 8.22. The van der Waals surface area contributed by atoms with Gasteiger partial charge < -0.3 is 19.9 Å². The Morgan fingerprint density at radius 1 is 1.09 bits per heavy atom. The van der Waals surface area contributed by atoms with Crippen LogP contribution in [-0.2, 0) is 16.1 Å². The average molecular weight is 460 g/mol. The summed E-state index contributed by atoms with van der Waals surface area (Å²) < 4.78 is 10.8. The standard InChI is InChI=1S/C21H22ClN5O5/c1-21(2,3)32-20(30)23-17(19(28)29)12-27-25-18(24-26-27)13-4-8-15(9-5-13)31-16-10-6-14(22)7-11-16/h4-11,17H,12H2,1-3H3,(H,23,30)(H,28,29). The van der Waals surface area contributed by atoms with Crippen molar-refractivity contribution in [2.24, 2.45) is 0 Å². The Morgan fingerprint density at radius 2 is 1.69 bits per heavy atom. The number of hydrogen-bond donors (Lipinski definition) is 2. The number of carboxylic acid groups (broad SMARTS) is 1. The maximum absolute atomic E-state index is 11.9. The van der Waals surface area contributed by atoms with Crippen LogP contribution >= 0.6 is 11.6 Å². The second-order valence-electron chi connectivity index (χ2n) is 7.79. The Kier molecular flexibility index (Phi) is 6.94. The van der Waals surface area contributed by atoms with Crippen LogP contribution in [0.25, 0.3) is 11.4 Å². The van der Waals surface area contributed by atoms with Gasteiger partial charge in [-0.15, -0.1) is 10.2 Å². The molecule has 3 aromatic rings. The lowest BCUT2D eigenvalue weighted by Crippen LogP contribution is -2.46. The molecule has 1 amide bonds. The number of nitrogens with zero attached hydrogens (tertiary/aromatic N) is 4. The lowest BCUT2D eigenvalue weighted by atomic mass is 10.2. The van der Waals surface area contributed by atoms with Crippen molar-refractivity contribution in [3.8, 4) is 22.9 Å². The number of carbonyl (C=O) groups is 2. The third-order valence-corrected chi connectivity index (χ3v) is 4.20. The molecule has 0 bridgehead atoms. The third-order valence-electron chi connectivity index (χ3n) is 3.95. The lowest BCUT2D eigenvalue weighted by molar-refractivity contribution is -0.140. The second kappa shape index (κ2) is 9.65. The molecule has 0 aliphatic heterocycles. The smallest absolute Gasteiger partial charge is 0.408 e. The molecule has 0 saturated carbocycles. The molecule has 3 rings (SSSR count). The van der Waals surface area contributed by atoms with Crippen molar-refractivity contribution in [3.63, 3.8) is 0 Å². The molecule has 2 aromatic carbocycles. The SMILES string of the molecule is CC(C)(C)OC(=O)NC(Cn1nnc(-c2ccc(Oc3ccc(Cl)cc3)cc2)n1)C(=O)O. The molecular formula is C21H22ClN5O5. The number of hydrogen-bond acceptors (Lipinski definition) is 7. The van der Waals surface area contributed by atoms with Crippen molar-refractivity contribution in [3.05, 3.63) is 53.6 Å². The fraction of sp³-hybridized carbons (Fsp3) is 0.286. The van der Waals surface area contributed by atoms with E-state index >= 15 is 0 Å². The zero-order valence-electron chi connectivity index (χ0n) is 17.7. The number of alkyl carbamates (subject to hydrolysis) is 1. The monoisotopic (exact) mass is 459 g/mol. The maximum atomic E-state index is 11.9. The molecule has 0 radical (unpaired) electrons. The van der Waals surface area contributed by atoms with Gasteiger partial charge in [-0.1, -0.05) is 11.6 Å². The zero-order valence-corrected chi connectivity index (χ0v) is 18.4. The summed E-state index contributed by atoms with van der Waals surface area (Å²) in [7, 11) is 0. The Morgan fingerprint density at radius 3 is 2.25 bits per heavy atom. The van der Waals surface area contributed by atoms with Gasteiger partial charge in [0.15, 0.2) is 6.04 Å². The summed E-state index contributed by atoms with van der Waals surface area (Å²) in [6.07, 6.45) is -0.846. The predicted molar refractivity (Wildman–Crippen MR) is 116 cm³/mol. The minimum atomic E-state index is -1.29. The van der Waals surface area contributed by atoms with Crippen LogP contribution < -0.4 is 10.1 Å². The predicted octanol–water partition coefficient (Wildman–Crippen LogP) is 3.76. The molecular weight excluding hydrogens is 438 g/mol. The highest BCUT2D eigenvalue weighted by Crippen LogP contribution is 2.25. The summed E-state index contributed by atoms with van der Waals surface area (Å²) in [6.45, 7) is 4.82. The van der Waals surface area contributed by atoms with Gasteiger partial charge in [-0.3, -0.25) is 0 Å². The summed E-state index contributed by atoms with van der Waals surface area (Å²) in [5.74, 6) is 0.294. The fourth-order valence-electron chi connectivity index (χ4n) is 2.55. The summed E-state index contributed by atoms with van der Waals surface area (Å²) in [5, 5.41) is 24.3. The lowest BCUT2D eigenvalue weighted by Gasteiger charge is -2.21. The molecule has 0 fully saturated rings. The molecule has 32 heavy (non-hydrogen) atoms. The van der Waals surface area contributed by atoms with Crippen LogP contribution in [0.4, 0.5) is 4.79 Å². The van der Waals surface area contributed by atoms with Crippen molar-refractivity contribution in [1.82, 2.24) is 25.5 Å². The van der Waals surface area contributed by atoms with E-state index in [-0.39, 0.29) is 6.54 Å². The van der Waals surface area contributed by atoms with Gasteiger partial charge in [-0.2, -0.15) is 4.80 Å². The Bertz CT molecular complexity index is 1080. The van der Waals surface area contributed by atoms with Gasteiger partial charge >= 0.3 is 12.1 Å². The number of rotatable bonds is 7. The van der Waals surface area contributed by atoms with E-state index < -0.39 is 23.7 Å². The van der Waals surface area contributed by atoms with E-state index in [4.69, 9.17) is 21.1 Å². The van der Waals surface area contributed by atoms with Crippen LogP contribution in [0.3, 0.4) is 0 Å². The number of benzene rings is 2. The van der Waals surface area contributed by atoms with Crippen LogP contribution in [0, 0.1) is 0 Å². The van der Waals surface area contributed by atoms with Crippen LogP contribution in [0.1, 0.15) is 20.8 Å². The normalized spacial score (nSPS) is 12.1. The number of carboxylic acids is 1. The first-order chi connectivity index (χ1) is 15.1. The number of aliphatic carboxylic acids is 1. The minimum absolute atomic E-state index is 0.223. The summed E-state index contributed by atoms with van der Waals surface area (Å²) in [6, 6.07) is 12.7. The van der Waals surface area contributed by atoms with E-state index in [0.717, 1.165) is 4.80 Å². The first kappa shape index (κ1) is 23.0. The molecule has 10 nitrogen and oxygen atoms in total. The van der Waals surface area contributed by atoms with Crippen molar-refractivity contribution in [1.29, 1.82) is 0 Å². The Balaban J connectivity index is 1.64. The third kappa shape index (κ3) is 6.67. The van der Waals surface area contributed by atoms with Crippen LogP contribution in [-0.4, -0.2) is 49.0 Å². The quantitative estimate of drug-likeness (QED) is 0.546. The van der Waals surface area contributed by atoms with E-state index in [9.17, 15) is 14.7 Å². The highest BCUT2D eigenvalue weighted by atomic mass is 35.5. The molecule has 1 atom stereocenters. The molecule has 11 heteroatoms. The van der Waals surface area contributed by atoms with Crippen LogP contribution in [0.5, 0.6) is 11.5 Å². The number of aromatic nitrogens is 4. The molecule has 1 aromatic heterocycles. The van der Waals surface area contributed by atoms with E-state index in [1.165, 1.54) is 0 Å². The van der Waals surface area contributed by atoms with E-state index in [0.29, 0.717) is 27.9 Å². The van der Waals surface area contributed by atoms with Gasteiger partial charge in [0, 0.05) is 10.6 Å². The number of nitrogens with one attached hydrogen (secondary N) is 1. The fourth-order valence-corrected chi connectivity index (χ4v) is 2.67. The molecule has 168 valence electrons. The molecule has 0 spiro atoms. The minimum Gasteiger partial charge on any atom is -0.480 e.